The molecule has 2 heterocycles. The molecule has 1 atom stereocenters. The second kappa shape index (κ2) is 8.68. The second-order valence-corrected chi connectivity index (χ2v) is 10.7. The van der Waals surface area contributed by atoms with Gasteiger partial charge in [-0.1, -0.05) is 67.4 Å². The molecule has 32 heavy (non-hydrogen) atoms. The molecule has 0 bridgehead atoms. The van der Waals surface area contributed by atoms with E-state index >= 15 is 0 Å². The number of carbonyl (C=O) groups is 1. The molecule has 1 amide bonds. The Kier molecular flexibility index (Phi) is 5.74. The van der Waals surface area contributed by atoms with Crippen LogP contribution in [0.15, 0.2) is 71.6 Å². The summed E-state index contributed by atoms with van der Waals surface area (Å²) >= 11 is 0. The van der Waals surface area contributed by atoms with Gasteiger partial charge in [0.25, 0.3) is 0 Å². The lowest BCUT2D eigenvalue weighted by atomic mass is 9.95. The molecule has 1 saturated heterocycles. The lowest BCUT2D eigenvalue weighted by Gasteiger charge is -2.37. The van der Waals surface area contributed by atoms with Crippen molar-refractivity contribution in [3.05, 3.63) is 77.9 Å². The van der Waals surface area contributed by atoms with Gasteiger partial charge in [-0.3, -0.25) is 4.79 Å². The number of fused-ring (bicyclic) bond motifs is 2. The van der Waals surface area contributed by atoms with Crippen molar-refractivity contribution in [3.8, 4) is 0 Å². The van der Waals surface area contributed by atoms with Gasteiger partial charge in [-0.25, -0.2) is 8.42 Å². The molecule has 0 saturated carbocycles. The molecular formula is C26H28N2O3S. The number of carbonyl (C=O) groups excluding carboxylic acids is 1. The summed E-state index contributed by atoms with van der Waals surface area (Å²) < 4.78 is 29.2. The Hall–Kier alpha value is -2.70. The molecule has 0 aromatic heterocycles. The van der Waals surface area contributed by atoms with Gasteiger partial charge in [0.2, 0.25) is 15.9 Å². The average molecular weight is 449 g/mol. The standard InChI is InChI=1S/C26H28N2O3S/c29-26(27-15-7-1-2-8-16-27)25-18-22-11-5-6-12-23(22)19-28(25)32(30,31)24-14-13-20-9-3-4-10-21(20)17-24/h3-6,9-14,17,25H,1-2,7-8,15-16,18-19H2. The van der Waals surface area contributed by atoms with E-state index < -0.39 is 16.1 Å². The number of hydrogen-bond acceptors (Lipinski definition) is 3. The molecule has 5 nitrogen and oxygen atoms in total. The maximum Gasteiger partial charge on any atom is 0.244 e. The van der Waals surface area contributed by atoms with Gasteiger partial charge in [0, 0.05) is 19.6 Å². The molecule has 0 spiro atoms. The van der Waals surface area contributed by atoms with Crippen molar-refractivity contribution in [3.63, 3.8) is 0 Å². The minimum Gasteiger partial charge on any atom is -0.341 e. The first-order chi connectivity index (χ1) is 15.5. The molecule has 2 aliphatic heterocycles. The van der Waals surface area contributed by atoms with Crippen molar-refractivity contribution < 1.29 is 13.2 Å². The average Bonchev–Trinajstić information content (AvgIpc) is 3.12. The first-order valence-corrected chi connectivity index (χ1v) is 12.8. The van der Waals surface area contributed by atoms with Crippen molar-refractivity contribution in [1.29, 1.82) is 0 Å². The number of nitrogens with zero attached hydrogens (tertiary/aromatic N) is 2. The largest absolute Gasteiger partial charge is 0.341 e. The van der Waals surface area contributed by atoms with Crippen molar-refractivity contribution in [2.24, 2.45) is 0 Å². The van der Waals surface area contributed by atoms with Crippen LogP contribution in [0.3, 0.4) is 0 Å². The zero-order chi connectivity index (χ0) is 22.1. The Morgan fingerprint density at radius 1 is 0.781 bits per heavy atom. The fourth-order valence-corrected chi connectivity index (χ4v) is 6.52. The second-order valence-electron chi connectivity index (χ2n) is 8.79. The topological polar surface area (TPSA) is 57.7 Å². The number of amides is 1. The molecule has 0 N–H and O–H groups in total. The molecule has 166 valence electrons. The Bertz CT molecular complexity index is 1250. The van der Waals surface area contributed by atoms with Gasteiger partial charge in [-0.2, -0.15) is 4.31 Å². The Labute approximate surface area is 189 Å². The monoisotopic (exact) mass is 448 g/mol. The van der Waals surface area contributed by atoms with Gasteiger partial charge in [-0.05, 0) is 53.3 Å². The summed E-state index contributed by atoms with van der Waals surface area (Å²) in [4.78, 5) is 15.8. The zero-order valence-corrected chi connectivity index (χ0v) is 18.9. The van der Waals surface area contributed by atoms with Crippen LogP contribution in [-0.2, 0) is 27.8 Å². The van der Waals surface area contributed by atoms with Crippen LogP contribution in [0.4, 0.5) is 0 Å². The maximum absolute atomic E-state index is 13.9. The van der Waals surface area contributed by atoms with Gasteiger partial charge in [0.05, 0.1) is 4.90 Å². The summed E-state index contributed by atoms with van der Waals surface area (Å²) in [6.07, 6.45) is 4.62. The third kappa shape index (κ3) is 3.93. The van der Waals surface area contributed by atoms with Crippen LogP contribution in [-0.4, -0.2) is 42.7 Å². The normalized spacial score (nSPS) is 20.0. The quantitative estimate of drug-likeness (QED) is 0.598. The first-order valence-electron chi connectivity index (χ1n) is 11.4. The number of rotatable bonds is 3. The Morgan fingerprint density at radius 2 is 1.44 bits per heavy atom. The minimum absolute atomic E-state index is 0.0641. The summed E-state index contributed by atoms with van der Waals surface area (Å²) in [5.41, 5.74) is 2.03. The molecule has 1 unspecified atom stereocenters. The molecule has 3 aromatic carbocycles. The van der Waals surface area contributed by atoms with Crippen LogP contribution in [0.1, 0.15) is 36.8 Å². The molecule has 0 radical (unpaired) electrons. The number of hydrogen-bond donors (Lipinski definition) is 0. The first kappa shape index (κ1) is 21.2. The van der Waals surface area contributed by atoms with E-state index in [2.05, 4.69) is 0 Å². The lowest BCUT2D eigenvalue weighted by molar-refractivity contribution is -0.135. The molecule has 5 rings (SSSR count). The molecule has 3 aromatic rings. The van der Waals surface area contributed by atoms with E-state index in [0.29, 0.717) is 19.5 Å². The summed E-state index contributed by atoms with van der Waals surface area (Å²) in [5, 5.41) is 1.87. The van der Waals surface area contributed by atoms with Crippen LogP contribution in [0.25, 0.3) is 10.8 Å². The number of likely N-dealkylation sites (tertiary alicyclic amines) is 1. The smallest absolute Gasteiger partial charge is 0.244 e. The van der Waals surface area contributed by atoms with Crippen LogP contribution in [0, 0.1) is 0 Å². The van der Waals surface area contributed by atoms with Crippen molar-refractivity contribution in [2.75, 3.05) is 13.1 Å². The van der Waals surface area contributed by atoms with Gasteiger partial charge in [-0.15, -0.1) is 0 Å². The highest BCUT2D eigenvalue weighted by Crippen LogP contribution is 2.31. The minimum atomic E-state index is -3.85. The summed E-state index contributed by atoms with van der Waals surface area (Å²) in [5.74, 6) is -0.0641. The third-order valence-electron chi connectivity index (χ3n) is 6.74. The summed E-state index contributed by atoms with van der Waals surface area (Å²) in [7, 11) is -3.85. The van der Waals surface area contributed by atoms with Crippen LogP contribution in [0.2, 0.25) is 0 Å². The molecule has 6 heteroatoms. The third-order valence-corrected chi connectivity index (χ3v) is 8.59. The van der Waals surface area contributed by atoms with E-state index in [9.17, 15) is 13.2 Å². The number of sulfonamides is 1. The van der Waals surface area contributed by atoms with Crippen LogP contribution >= 0.6 is 0 Å². The zero-order valence-electron chi connectivity index (χ0n) is 18.1. The predicted molar refractivity (Wildman–Crippen MR) is 126 cm³/mol. The molecule has 0 aliphatic carbocycles. The fraction of sp³-hybridized carbons (Fsp3) is 0.346. The van der Waals surface area contributed by atoms with E-state index in [1.807, 2.05) is 59.5 Å². The van der Waals surface area contributed by atoms with E-state index in [0.717, 1.165) is 47.6 Å². The Morgan fingerprint density at radius 3 is 2.19 bits per heavy atom. The fourth-order valence-electron chi connectivity index (χ4n) is 4.93. The van der Waals surface area contributed by atoms with Crippen molar-refractivity contribution in [2.45, 2.75) is 49.6 Å². The van der Waals surface area contributed by atoms with Crippen LogP contribution in [0.5, 0.6) is 0 Å². The van der Waals surface area contributed by atoms with E-state index in [-0.39, 0.29) is 17.3 Å². The summed E-state index contributed by atoms with van der Waals surface area (Å²) in [6.45, 7) is 1.64. The Balaban J connectivity index is 1.55. The van der Waals surface area contributed by atoms with E-state index in [4.69, 9.17) is 0 Å². The molecular weight excluding hydrogens is 420 g/mol. The molecule has 1 fully saturated rings. The van der Waals surface area contributed by atoms with Gasteiger partial charge in [0.1, 0.15) is 6.04 Å². The highest BCUT2D eigenvalue weighted by molar-refractivity contribution is 7.89. The van der Waals surface area contributed by atoms with Gasteiger partial charge >= 0.3 is 0 Å². The maximum atomic E-state index is 13.9. The van der Waals surface area contributed by atoms with Crippen molar-refractivity contribution >= 4 is 26.7 Å². The highest BCUT2D eigenvalue weighted by atomic mass is 32.2. The number of benzene rings is 3. The van der Waals surface area contributed by atoms with Gasteiger partial charge in [0.15, 0.2) is 0 Å². The van der Waals surface area contributed by atoms with Crippen LogP contribution < -0.4 is 0 Å². The predicted octanol–water partition coefficient (Wildman–Crippen LogP) is 4.36. The highest BCUT2D eigenvalue weighted by Gasteiger charge is 2.41. The SMILES string of the molecule is O=C(C1Cc2ccccc2CN1S(=O)(=O)c1ccc2ccccc2c1)N1CCCCCC1. The van der Waals surface area contributed by atoms with Gasteiger partial charge < -0.3 is 4.90 Å². The van der Waals surface area contributed by atoms with Crippen molar-refractivity contribution in [1.82, 2.24) is 9.21 Å². The molecule has 2 aliphatic rings. The summed E-state index contributed by atoms with van der Waals surface area (Å²) in [6, 6.07) is 20.1. The van der Waals surface area contributed by atoms with E-state index in [1.165, 1.54) is 4.31 Å². The lowest BCUT2D eigenvalue weighted by Crippen LogP contribution is -2.53. The van der Waals surface area contributed by atoms with E-state index in [1.54, 1.807) is 12.1 Å².